The van der Waals surface area contributed by atoms with Crippen molar-refractivity contribution in [1.82, 2.24) is 0 Å². The van der Waals surface area contributed by atoms with E-state index in [2.05, 4.69) is 59.0 Å². The molecule has 0 rings (SSSR count). The molecule has 0 heterocycles. The molecule has 0 amide bonds. The van der Waals surface area contributed by atoms with Gasteiger partial charge in [-0.15, -0.1) is 0 Å². The van der Waals surface area contributed by atoms with Gasteiger partial charge in [-0.1, -0.05) is 46.0 Å². The predicted octanol–water partition coefficient (Wildman–Crippen LogP) is 2.85. The van der Waals surface area contributed by atoms with Crippen LogP contribution in [0.25, 0.3) is 0 Å². The minimum atomic E-state index is -0.323. The highest BCUT2D eigenvalue weighted by Crippen LogP contribution is 2.11. The van der Waals surface area contributed by atoms with Gasteiger partial charge >= 0.3 is 0 Å². The lowest BCUT2D eigenvalue weighted by Gasteiger charge is -2.12. The molecule has 0 aliphatic rings. The summed E-state index contributed by atoms with van der Waals surface area (Å²) in [5.41, 5.74) is 0. The molecule has 13 heteroatoms. The summed E-state index contributed by atoms with van der Waals surface area (Å²) in [6, 6.07) is 0. The van der Waals surface area contributed by atoms with Gasteiger partial charge in [0.25, 0.3) is 0 Å². The summed E-state index contributed by atoms with van der Waals surface area (Å²) in [6.45, 7) is 4.72. The lowest BCUT2D eigenvalue weighted by atomic mass is 10.0. The van der Waals surface area contributed by atoms with Crippen molar-refractivity contribution in [2.45, 2.75) is 52.4 Å². The van der Waals surface area contributed by atoms with Gasteiger partial charge in [0, 0.05) is 0 Å². The standard InChI is InChI=1S/C13H28O13/c1-3-4-5-6-7-8-13(2)9-15-10-16-11-17-12-18-20-22-24-26-25-23-21-19-14/h13-14H,3-12H2,1-2H3/t13-/m1/s1. The molecule has 0 radical (unpaired) electrons. The molecule has 0 spiro atoms. The van der Waals surface area contributed by atoms with Crippen molar-refractivity contribution in [2.75, 3.05) is 27.0 Å². The van der Waals surface area contributed by atoms with Crippen molar-refractivity contribution in [3.05, 3.63) is 0 Å². The van der Waals surface area contributed by atoms with E-state index in [0.717, 1.165) is 6.42 Å². The van der Waals surface area contributed by atoms with Crippen molar-refractivity contribution in [1.29, 1.82) is 0 Å². The minimum Gasteiger partial charge on any atom is -0.355 e. The average molecular weight is 392 g/mol. The third-order valence-electron chi connectivity index (χ3n) is 2.91. The fourth-order valence-electron chi connectivity index (χ4n) is 1.76. The Balaban J connectivity index is 3.08. The van der Waals surface area contributed by atoms with E-state index in [-0.39, 0.29) is 20.4 Å². The third kappa shape index (κ3) is 21.5. The highest BCUT2D eigenvalue weighted by Gasteiger charge is 2.02. The zero-order valence-electron chi connectivity index (χ0n) is 15.0. The maximum absolute atomic E-state index is 7.61. The Morgan fingerprint density at radius 3 is 2.04 bits per heavy atom. The van der Waals surface area contributed by atoms with Crippen molar-refractivity contribution >= 4 is 0 Å². The Morgan fingerprint density at radius 2 is 1.31 bits per heavy atom. The quantitative estimate of drug-likeness (QED) is 0.125. The number of hydrogen-bond acceptors (Lipinski definition) is 13. The van der Waals surface area contributed by atoms with Gasteiger partial charge in [-0.05, 0) is 52.6 Å². The molecule has 158 valence electrons. The lowest BCUT2D eigenvalue weighted by Crippen LogP contribution is -2.11. The molecule has 0 unspecified atom stereocenters. The first-order chi connectivity index (χ1) is 12.8. The number of unbranched alkanes of at least 4 members (excludes halogenated alkanes) is 4. The predicted molar refractivity (Wildman–Crippen MR) is 77.7 cm³/mol. The Bertz CT molecular complexity index is 258. The molecule has 0 bridgehead atoms. The monoisotopic (exact) mass is 392 g/mol. The second kappa shape index (κ2) is 22.5. The van der Waals surface area contributed by atoms with E-state index in [1.165, 1.54) is 32.1 Å². The lowest BCUT2D eigenvalue weighted by molar-refractivity contribution is -0.844. The van der Waals surface area contributed by atoms with Gasteiger partial charge in [0.2, 0.25) is 0 Å². The number of rotatable bonds is 22. The highest BCUT2D eigenvalue weighted by molar-refractivity contribution is 4.52. The topological polar surface area (TPSA) is 131 Å². The van der Waals surface area contributed by atoms with Crippen molar-refractivity contribution in [3.63, 3.8) is 0 Å². The molecule has 0 saturated heterocycles. The highest BCUT2D eigenvalue weighted by atomic mass is 17.9. The first kappa shape index (κ1) is 25.5. The van der Waals surface area contributed by atoms with E-state index in [1.807, 2.05) is 0 Å². The van der Waals surface area contributed by atoms with Crippen LogP contribution in [-0.4, -0.2) is 32.2 Å². The molecule has 0 aromatic heterocycles. The summed E-state index contributed by atoms with van der Waals surface area (Å²) in [7, 11) is 0. The molecule has 1 N–H and O–H groups in total. The normalized spacial score (nSPS) is 12.6. The summed E-state index contributed by atoms with van der Waals surface area (Å²) < 4.78 is 15.3. The van der Waals surface area contributed by atoms with Crippen LogP contribution < -0.4 is 0 Å². The van der Waals surface area contributed by atoms with Gasteiger partial charge in [0.1, 0.15) is 6.79 Å². The smallest absolute Gasteiger partial charge is 0.186 e. The maximum atomic E-state index is 7.61. The van der Waals surface area contributed by atoms with E-state index in [0.29, 0.717) is 12.5 Å². The second-order valence-electron chi connectivity index (χ2n) is 5.11. The summed E-state index contributed by atoms with van der Waals surface area (Å²) >= 11 is 0. The Morgan fingerprint density at radius 1 is 0.692 bits per heavy atom. The molecular formula is C13H28O13. The van der Waals surface area contributed by atoms with Gasteiger partial charge in [-0.2, -0.15) is 4.89 Å². The van der Waals surface area contributed by atoms with Crippen LogP contribution in [0.1, 0.15) is 52.4 Å². The van der Waals surface area contributed by atoms with Gasteiger partial charge in [-0.25, -0.2) is 5.26 Å². The van der Waals surface area contributed by atoms with E-state index >= 15 is 0 Å². The number of ether oxygens (including phenoxy) is 3. The van der Waals surface area contributed by atoms with E-state index < -0.39 is 0 Å². The largest absolute Gasteiger partial charge is 0.355 e. The van der Waals surface area contributed by atoms with Gasteiger partial charge in [-0.3, -0.25) is 0 Å². The molecule has 0 aromatic rings. The van der Waals surface area contributed by atoms with Crippen LogP contribution in [0.15, 0.2) is 0 Å². The molecule has 0 aromatic carbocycles. The molecule has 0 saturated carbocycles. The fraction of sp³-hybridized carbons (Fsp3) is 1.00. The Kier molecular flexibility index (Phi) is 22.1. The zero-order valence-corrected chi connectivity index (χ0v) is 15.0. The number of hydrogen-bond donors (Lipinski definition) is 1. The van der Waals surface area contributed by atoms with E-state index in [9.17, 15) is 0 Å². The SMILES string of the molecule is CCCCCCC[C@@H](C)COCOCOCOOOOOOOOOO. The summed E-state index contributed by atoms with van der Waals surface area (Å²) in [5.74, 6) is 0.495. The van der Waals surface area contributed by atoms with Crippen LogP contribution in [-0.2, 0) is 59.4 Å². The summed E-state index contributed by atoms with van der Waals surface area (Å²) in [6.07, 6.45) is 7.52. The van der Waals surface area contributed by atoms with Crippen LogP contribution in [0, 0.1) is 5.92 Å². The zero-order chi connectivity index (χ0) is 19.1. The molecule has 0 aliphatic carbocycles. The first-order valence-electron chi connectivity index (χ1n) is 8.14. The molecular weight excluding hydrogens is 364 g/mol. The fourth-order valence-corrected chi connectivity index (χ4v) is 1.76. The maximum Gasteiger partial charge on any atom is 0.186 e. The molecule has 1 atom stereocenters. The van der Waals surface area contributed by atoms with Crippen LogP contribution in [0.5, 0.6) is 0 Å². The third-order valence-corrected chi connectivity index (χ3v) is 2.91. The minimum absolute atomic E-state index is 0.0679. The second-order valence-corrected chi connectivity index (χ2v) is 5.11. The summed E-state index contributed by atoms with van der Waals surface area (Å²) in [5, 5.41) is 36.0. The van der Waals surface area contributed by atoms with Crippen LogP contribution in [0.3, 0.4) is 0 Å². The van der Waals surface area contributed by atoms with Crippen LogP contribution >= 0.6 is 0 Å². The molecule has 26 heavy (non-hydrogen) atoms. The first-order valence-corrected chi connectivity index (χ1v) is 8.14. The Hall–Kier alpha value is -0.520. The van der Waals surface area contributed by atoms with Crippen molar-refractivity contribution < 1.29 is 64.7 Å². The Labute approximate surface area is 151 Å². The molecule has 0 fully saturated rings. The molecule has 0 aliphatic heterocycles. The van der Waals surface area contributed by atoms with Crippen molar-refractivity contribution in [2.24, 2.45) is 5.92 Å². The molecule has 13 nitrogen and oxygen atoms in total. The van der Waals surface area contributed by atoms with E-state index in [4.69, 9.17) is 19.5 Å². The van der Waals surface area contributed by atoms with Crippen molar-refractivity contribution in [3.8, 4) is 0 Å². The van der Waals surface area contributed by atoms with Gasteiger partial charge in [0.15, 0.2) is 13.6 Å². The average Bonchev–Trinajstić information content (AvgIpc) is 2.64. The van der Waals surface area contributed by atoms with E-state index in [1.54, 1.807) is 0 Å². The van der Waals surface area contributed by atoms with Crippen LogP contribution in [0.2, 0.25) is 0 Å². The van der Waals surface area contributed by atoms with Crippen LogP contribution in [0.4, 0.5) is 0 Å². The summed E-state index contributed by atoms with van der Waals surface area (Å²) in [4.78, 5) is 4.32. The van der Waals surface area contributed by atoms with Gasteiger partial charge < -0.3 is 14.2 Å². The van der Waals surface area contributed by atoms with Gasteiger partial charge in [0.05, 0.1) is 6.61 Å².